The van der Waals surface area contributed by atoms with Gasteiger partial charge in [0.15, 0.2) is 0 Å². The molecule has 0 saturated carbocycles. The van der Waals surface area contributed by atoms with Gasteiger partial charge in [0, 0.05) is 18.7 Å². The Kier molecular flexibility index (Phi) is 4.88. The quantitative estimate of drug-likeness (QED) is 0.648. The molecule has 0 aliphatic carbocycles. The van der Waals surface area contributed by atoms with Crippen molar-refractivity contribution in [2.24, 2.45) is 0 Å². The predicted molar refractivity (Wildman–Crippen MR) is 83.4 cm³/mol. The maximum Gasteiger partial charge on any atom is 0.271 e. The fraction of sp³-hybridized carbons (Fsp3) is 0.143. The summed E-state index contributed by atoms with van der Waals surface area (Å²) in [7, 11) is 1.51. The lowest BCUT2D eigenvalue weighted by Gasteiger charge is -2.11. The molecule has 0 fully saturated rings. The fourth-order valence-electron chi connectivity index (χ4n) is 1.79. The van der Waals surface area contributed by atoms with E-state index < -0.39 is 4.92 Å². The highest BCUT2D eigenvalue weighted by atomic mass is 35.5. The summed E-state index contributed by atoms with van der Waals surface area (Å²) in [6.07, 6.45) is 0. The van der Waals surface area contributed by atoms with Gasteiger partial charge in [-0.2, -0.15) is 0 Å². The number of hydrogen-bond donors (Lipinski definition) is 1. The van der Waals surface area contributed by atoms with Crippen LogP contribution in [0.5, 0.6) is 5.75 Å². The number of halogens is 2. The van der Waals surface area contributed by atoms with Gasteiger partial charge in [0.1, 0.15) is 5.75 Å². The second kappa shape index (κ2) is 6.65. The van der Waals surface area contributed by atoms with Crippen molar-refractivity contribution in [1.82, 2.24) is 0 Å². The first-order chi connectivity index (χ1) is 10.0. The third-order valence-corrected chi connectivity index (χ3v) is 3.60. The van der Waals surface area contributed by atoms with Crippen molar-refractivity contribution < 1.29 is 9.66 Å². The molecule has 0 spiro atoms. The Bertz CT molecular complexity index is 677. The lowest BCUT2D eigenvalue weighted by molar-refractivity contribution is -0.384. The first kappa shape index (κ1) is 15.4. The summed E-state index contributed by atoms with van der Waals surface area (Å²) in [4.78, 5) is 10.4. The van der Waals surface area contributed by atoms with Gasteiger partial charge in [-0.15, -0.1) is 0 Å². The van der Waals surface area contributed by atoms with Gasteiger partial charge in [0.05, 0.1) is 27.8 Å². The molecule has 0 unspecified atom stereocenters. The number of methoxy groups -OCH3 is 1. The molecule has 0 aliphatic rings. The molecule has 0 atom stereocenters. The minimum atomic E-state index is -0.455. The smallest absolute Gasteiger partial charge is 0.271 e. The summed E-state index contributed by atoms with van der Waals surface area (Å²) in [5.74, 6) is 0.528. The topological polar surface area (TPSA) is 64.4 Å². The van der Waals surface area contributed by atoms with Gasteiger partial charge in [-0.05, 0) is 23.8 Å². The highest BCUT2D eigenvalue weighted by Gasteiger charge is 2.11. The normalized spacial score (nSPS) is 10.2. The van der Waals surface area contributed by atoms with E-state index in [1.807, 2.05) is 6.07 Å². The molecule has 2 aromatic rings. The third kappa shape index (κ3) is 3.77. The predicted octanol–water partition coefficient (Wildman–Crippen LogP) is 4.52. The number of rotatable bonds is 5. The van der Waals surface area contributed by atoms with E-state index in [1.54, 1.807) is 18.2 Å². The first-order valence-corrected chi connectivity index (χ1v) is 6.77. The van der Waals surface area contributed by atoms with E-state index in [-0.39, 0.29) is 5.69 Å². The number of anilines is 1. The Morgan fingerprint density at radius 1 is 1.19 bits per heavy atom. The van der Waals surface area contributed by atoms with Crippen molar-refractivity contribution in [2.45, 2.75) is 6.54 Å². The van der Waals surface area contributed by atoms with Gasteiger partial charge in [0.2, 0.25) is 0 Å². The van der Waals surface area contributed by atoms with Gasteiger partial charge in [-0.25, -0.2) is 0 Å². The number of hydrogen-bond acceptors (Lipinski definition) is 4. The van der Waals surface area contributed by atoms with Crippen LogP contribution in [-0.4, -0.2) is 12.0 Å². The van der Waals surface area contributed by atoms with E-state index >= 15 is 0 Å². The zero-order chi connectivity index (χ0) is 15.4. The van der Waals surface area contributed by atoms with E-state index in [2.05, 4.69) is 5.32 Å². The molecule has 2 rings (SSSR count). The van der Waals surface area contributed by atoms with E-state index in [4.69, 9.17) is 27.9 Å². The van der Waals surface area contributed by atoms with Crippen LogP contribution in [0.2, 0.25) is 10.0 Å². The number of nitrogens with one attached hydrogen (secondary N) is 1. The number of benzene rings is 2. The van der Waals surface area contributed by atoms with Crippen LogP contribution in [0.4, 0.5) is 11.4 Å². The lowest BCUT2D eigenvalue weighted by atomic mass is 10.2. The standard InChI is InChI=1S/C14H12Cl2N2O3/c1-21-14-5-3-10(18(19)20)7-13(14)17-8-9-2-4-11(15)12(16)6-9/h2-7,17H,8H2,1H3. The molecule has 0 heterocycles. The van der Waals surface area contributed by atoms with Gasteiger partial charge >= 0.3 is 0 Å². The van der Waals surface area contributed by atoms with Crippen molar-refractivity contribution >= 4 is 34.6 Å². The van der Waals surface area contributed by atoms with E-state index in [0.717, 1.165) is 5.56 Å². The van der Waals surface area contributed by atoms with Gasteiger partial charge in [-0.3, -0.25) is 10.1 Å². The van der Waals surface area contributed by atoms with Crippen molar-refractivity contribution in [1.29, 1.82) is 0 Å². The van der Waals surface area contributed by atoms with Crippen molar-refractivity contribution in [2.75, 3.05) is 12.4 Å². The molecular weight excluding hydrogens is 315 g/mol. The summed E-state index contributed by atoms with van der Waals surface area (Å²) < 4.78 is 5.18. The van der Waals surface area contributed by atoms with Crippen LogP contribution in [0.25, 0.3) is 0 Å². The average molecular weight is 327 g/mol. The molecule has 2 aromatic carbocycles. The Morgan fingerprint density at radius 3 is 2.57 bits per heavy atom. The van der Waals surface area contributed by atoms with Gasteiger partial charge in [0.25, 0.3) is 5.69 Å². The number of nitrogens with zero attached hydrogens (tertiary/aromatic N) is 1. The lowest BCUT2D eigenvalue weighted by Crippen LogP contribution is -2.02. The van der Waals surface area contributed by atoms with Crippen LogP contribution in [0.1, 0.15) is 5.56 Å². The van der Waals surface area contributed by atoms with Crippen LogP contribution in [0, 0.1) is 10.1 Å². The highest BCUT2D eigenvalue weighted by molar-refractivity contribution is 6.42. The Hall–Kier alpha value is -1.98. The van der Waals surface area contributed by atoms with E-state index in [9.17, 15) is 10.1 Å². The minimum Gasteiger partial charge on any atom is -0.495 e. The van der Waals surface area contributed by atoms with Gasteiger partial charge < -0.3 is 10.1 Å². The summed E-state index contributed by atoms with van der Waals surface area (Å²) in [6, 6.07) is 9.63. The molecule has 5 nitrogen and oxygen atoms in total. The molecule has 0 saturated heterocycles. The maximum atomic E-state index is 10.8. The molecule has 1 N–H and O–H groups in total. The van der Waals surface area contributed by atoms with Crippen molar-refractivity contribution in [3.63, 3.8) is 0 Å². The van der Waals surface area contributed by atoms with Gasteiger partial charge in [-0.1, -0.05) is 29.3 Å². The summed E-state index contributed by atoms with van der Waals surface area (Å²) in [6.45, 7) is 0.439. The maximum absolute atomic E-state index is 10.8. The molecule has 21 heavy (non-hydrogen) atoms. The SMILES string of the molecule is COc1ccc([N+](=O)[O-])cc1NCc1ccc(Cl)c(Cl)c1. The van der Waals surface area contributed by atoms with Crippen molar-refractivity contribution in [3.8, 4) is 5.75 Å². The van der Waals surface area contributed by atoms with Crippen LogP contribution in [-0.2, 0) is 6.54 Å². The summed E-state index contributed by atoms with van der Waals surface area (Å²) in [5.41, 5.74) is 1.43. The first-order valence-electron chi connectivity index (χ1n) is 6.01. The van der Waals surface area contributed by atoms with Crippen LogP contribution >= 0.6 is 23.2 Å². The van der Waals surface area contributed by atoms with Crippen molar-refractivity contribution in [3.05, 3.63) is 62.1 Å². The zero-order valence-corrected chi connectivity index (χ0v) is 12.6. The second-order valence-electron chi connectivity index (χ2n) is 4.24. The minimum absolute atomic E-state index is 0.00700. The fourth-order valence-corrected chi connectivity index (χ4v) is 2.12. The molecule has 0 radical (unpaired) electrons. The zero-order valence-electron chi connectivity index (χ0n) is 11.1. The van der Waals surface area contributed by atoms with E-state index in [0.29, 0.717) is 28.0 Å². The Balaban J connectivity index is 2.19. The Morgan fingerprint density at radius 2 is 1.95 bits per heavy atom. The second-order valence-corrected chi connectivity index (χ2v) is 5.06. The molecule has 110 valence electrons. The summed E-state index contributed by atoms with van der Waals surface area (Å²) >= 11 is 11.8. The highest BCUT2D eigenvalue weighted by Crippen LogP contribution is 2.30. The third-order valence-electron chi connectivity index (χ3n) is 2.86. The monoisotopic (exact) mass is 326 g/mol. The molecule has 0 aromatic heterocycles. The molecule has 7 heteroatoms. The molecule has 0 amide bonds. The average Bonchev–Trinajstić information content (AvgIpc) is 2.48. The number of nitro groups is 1. The molecular formula is C14H12Cl2N2O3. The molecule has 0 bridgehead atoms. The Labute approximate surface area is 131 Å². The number of ether oxygens (including phenoxy) is 1. The van der Waals surface area contributed by atoms with Crippen LogP contribution < -0.4 is 10.1 Å². The van der Waals surface area contributed by atoms with Crippen LogP contribution in [0.3, 0.4) is 0 Å². The largest absolute Gasteiger partial charge is 0.495 e. The van der Waals surface area contributed by atoms with E-state index in [1.165, 1.54) is 19.2 Å². The number of non-ortho nitro benzene ring substituents is 1. The number of nitro benzene ring substituents is 1. The summed E-state index contributed by atoms with van der Waals surface area (Å²) in [5, 5.41) is 14.8. The molecule has 0 aliphatic heterocycles. The van der Waals surface area contributed by atoms with Crippen LogP contribution in [0.15, 0.2) is 36.4 Å².